The van der Waals surface area contributed by atoms with Crippen LogP contribution < -0.4 is 5.32 Å². The zero-order valence-corrected chi connectivity index (χ0v) is 8.26. The van der Waals surface area contributed by atoms with E-state index in [1.54, 1.807) is 0 Å². The van der Waals surface area contributed by atoms with Crippen molar-refractivity contribution in [3.05, 3.63) is 34.9 Å². The summed E-state index contributed by atoms with van der Waals surface area (Å²) in [6.45, 7) is 4.09. The van der Waals surface area contributed by atoms with Crippen LogP contribution in [0, 0.1) is 18.3 Å². The second-order valence-electron chi connectivity index (χ2n) is 3.21. The van der Waals surface area contributed by atoms with Crippen molar-refractivity contribution in [2.45, 2.75) is 19.9 Å². The number of aryl methyl sites for hydroxylation is 1. The third-order valence-electron chi connectivity index (χ3n) is 2.23. The van der Waals surface area contributed by atoms with Crippen molar-refractivity contribution < 1.29 is 0 Å². The van der Waals surface area contributed by atoms with E-state index < -0.39 is 0 Å². The van der Waals surface area contributed by atoms with Crippen LogP contribution in [0.1, 0.15) is 29.7 Å². The Bertz CT molecular complexity index is 336. The Morgan fingerprint density at radius 1 is 1.46 bits per heavy atom. The molecule has 0 fully saturated rings. The van der Waals surface area contributed by atoms with Crippen LogP contribution >= 0.6 is 0 Å². The molecule has 0 bridgehead atoms. The molecule has 2 nitrogen and oxygen atoms in total. The standard InChI is InChI=1S/C11H14N2/c1-8-4-5-10(7-12)11(6-8)9(2)13-3/h4-6,9,13H,1-3H3. The van der Waals surface area contributed by atoms with Gasteiger partial charge in [0.05, 0.1) is 11.6 Å². The van der Waals surface area contributed by atoms with Crippen molar-refractivity contribution in [1.82, 2.24) is 5.32 Å². The first-order chi connectivity index (χ1) is 6.19. The molecule has 0 amide bonds. The molecule has 2 heteroatoms. The lowest BCUT2D eigenvalue weighted by Crippen LogP contribution is -2.13. The average molecular weight is 174 g/mol. The molecule has 0 saturated carbocycles. The van der Waals surface area contributed by atoms with Gasteiger partial charge in [0.2, 0.25) is 0 Å². The van der Waals surface area contributed by atoms with E-state index >= 15 is 0 Å². The number of nitrogens with one attached hydrogen (secondary N) is 1. The minimum absolute atomic E-state index is 0.231. The van der Waals surface area contributed by atoms with E-state index in [1.807, 2.05) is 26.1 Å². The molecule has 13 heavy (non-hydrogen) atoms. The van der Waals surface area contributed by atoms with E-state index in [0.29, 0.717) is 0 Å². The molecule has 1 aromatic rings. The zero-order chi connectivity index (χ0) is 9.84. The van der Waals surface area contributed by atoms with E-state index in [2.05, 4.69) is 24.4 Å². The molecule has 1 aromatic carbocycles. The summed E-state index contributed by atoms with van der Waals surface area (Å²) in [5.74, 6) is 0. The van der Waals surface area contributed by atoms with Gasteiger partial charge in [-0.2, -0.15) is 5.26 Å². The quantitative estimate of drug-likeness (QED) is 0.745. The smallest absolute Gasteiger partial charge is 0.0995 e. The van der Waals surface area contributed by atoms with E-state index in [-0.39, 0.29) is 6.04 Å². The van der Waals surface area contributed by atoms with Gasteiger partial charge >= 0.3 is 0 Å². The second kappa shape index (κ2) is 4.06. The van der Waals surface area contributed by atoms with Crippen LogP contribution in [0.4, 0.5) is 0 Å². The summed E-state index contributed by atoms with van der Waals surface area (Å²) in [5.41, 5.74) is 3.02. The summed E-state index contributed by atoms with van der Waals surface area (Å²) in [4.78, 5) is 0. The Kier molecular flexibility index (Phi) is 3.05. The van der Waals surface area contributed by atoms with Crippen molar-refractivity contribution in [3.8, 4) is 6.07 Å². The predicted molar refractivity (Wildman–Crippen MR) is 53.4 cm³/mol. The maximum atomic E-state index is 8.88. The summed E-state index contributed by atoms with van der Waals surface area (Å²) in [6.07, 6.45) is 0. The molecule has 0 aliphatic heterocycles. The van der Waals surface area contributed by atoms with Gasteiger partial charge in [-0.1, -0.05) is 17.7 Å². The molecule has 1 rings (SSSR count). The van der Waals surface area contributed by atoms with Gasteiger partial charge in [0, 0.05) is 6.04 Å². The summed E-state index contributed by atoms with van der Waals surface area (Å²) in [5, 5.41) is 12.0. The fourth-order valence-corrected chi connectivity index (χ4v) is 1.30. The maximum Gasteiger partial charge on any atom is 0.0995 e. The van der Waals surface area contributed by atoms with Crippen LogP contribution in [0.25, 0.3) is 0 Å². The Labute approximate surface area is 79.2 Å². The molecule has 0 spiro atoms. The van der Waals surface area contributed by atoms with E-state index in [0.717, 1.165) is 11.1 Å². The molecule has 0 aromatic heterocycles. The zero-order valence-electron chi connectivity index (χ0n) is 8.26. The first-order valence-corrected chi connectivity index (χ1v) is 4.37. The third kappa shape index (κ3) is 2.07. The van der Waals surface area contributed by atoms with Crippen LogP contribution in [0.15, 0.2) is 18.2 Å². The lowest BCUT2D eigenvalue weighted by molar-refractivity contribution is 0.650. The molecule has 1 N–H and O–H groups in total. The Morgan fingerprint density at radius 2 is 2.15 bits per heavy atom. The molecule has 0 saturated heterocycles. The highest BCUT2D eigenvalue weighted by atomic mass is 14.9. The van der Waals surface area contributed by atoms with Crippen LogP contribution in [0.3, 0.4) is 0 Å². The summed E-state index contributed by atoms with van der Waals surface area (Å²) < 4.78 is 0. The summed E-state index contributed by atoms with van der Waals surface area (Å²) in [6, 6.07) is 8.32. The van der Waals surface area contributed by atoms with Gasteiger partial charge in [0.25, 0.3) is 0 Å². The Hall–Kier alpha value is -1.33. The van der Waals surface area contributed by atoms with Gasteiger partial charge in [-0.25, -0.2) is 0 Å². The first kappa shape index (κ1) is 9.76. The molecule has 1 atom stereocenters. The normalized spacial score (nSPS) is 12.2. The molecule has 0 aliphatic rings. The van der Waals surface area contributed by atoms with Crippen LogP contribution in [0.5, 0.6) is 0 Å². The van der Waals surface area contributed by atoms with Crippen molar-refractivity contribution >= 4 is 0 Å². The van der Waals surface area contributed by atoms with Gasteiger partial charge in [0.15, 0.2) is 0 Å². The lowest BCUT2D eigenvalue weighted by Gasteiger charge is -2.12. The number of nitrogens with zero attached hydrogens (tertiary/aromatic N) is 1. The minimum Gasteiger partial charge on any atom is -0.313 e. The van der Waals surface area contributed by atoms with E-state index in [1.165, 1.54) is 5.56 Å². The maximum absolute atomic E-state index is 8.88. The number of hydrogen-bond acceptors (Lipinski definition) is 2. The van der Waals surface area contributed by atoms with E-state index in [4.69, 9.17) is 5.26 Å². The molecule has 68 valence electrons. The Balaban J connectivity index is 3.17. The van der Waals surface area contributed by atoms with Gasteiger partial charge < -0.3 is 5.32 Å². The minimum atomic E-state index is 0.231. The SMILES string of the molecule is CNC(C)c1cc(C)ccc1C#N. The third-order valence-corrected chi connectivity index (χ3v) is 2.23. The number of benzene rings is 1. The van der Waals surface area contributed by atoms with Crippen LogP contribution in [-0.2, 0) is 0 Å². The number of nitriles is 1. The molecule has 0 aliphatic carbocycles. The molecule has 0 heterocycles. The number of hydrogen-bond donors (Lipinski definition) is 1. The molecule has 0 radical (unpaired) electrons. The van der Waals surface area contributed by atoms with Crippen molar-refractivity contribution in [3.63, 3.8) is 0 Å². The van der Waals surface area contributed by atoms with Crippen LogP contribution in [-0.4, -0.2) is 7.05 Å². The molecule has 1 unspecified atom stereocenters. The Morgan fingerprint density at radius 3 is 2.69 bits per heavy atom. The fourth-order valence-electron chi connectivity index (χ4n) is 1.30. The number of rotatable bonds is 2. The largest absolute Gasteiger partial charge is 0.313 e. The topological polar surface area (TPSA) is 35.8 Å². The van der Waals surface area contributed by atoms with Gasteiger partial charge in [-0.05, 0) is 32.5 Å². The summed E-state index contributed by atoms with van der Waals surface area (Å²) in [7, 11) is 1.90. The lowest BCUT2D eigenvalue weighted by atomic mass is 10.00. The molecular weight excluding hydrogens is 160 g/mol. The van der Waals surface area contributed by atoms with Crippen molar-refractivity contribution in [1.29, 1.82) is 5.26 Å². The van der Waals surface area contributed by atoms with Crippen molar-refractivity contribution in [2.24, 2.45) is 0 Å². The highest BCUT2D eigenvalue weighted by Crippen LogP contribution is 2.18. The average Bonchev–Trinajstić information content (AvgIpc) is 2.16. The van der Waals surface area contributed by atoms with E-state index in [9.17, 15) is 0 Å². The van der Waals surface area contributed by atoms with Gasteiger partial charge in [-0.3, -0.25) is 0 Å². The van der Waals surface area contributed by atoms with Crippen LogP contribution in [0.2, 0.25) is 0 Å². The fraction of sp³-hybridized carbons (Fsp3) is 0.364. The highest BCUT2D eigenvalue weighted by molar-refractivity contribution is 5.41. The van der Waals surface area contributed by atoms with Gasteiger partial charge in [-0.15, -0.1) is 0 Å². The predicted octanol–water partition coefficient (Wildman–Crippen LogP) is 2.15. The highest BCUT2D eigenvalue weighted by Gasteiger charge is 2.07. The van der Waals surface area contributed by atoms with Gasteiger partial charge in [0.1, 0.15) is 0 Å². The monoisotopic (exact) mass is 174 g/mol. The molecular formula is C11H14N2. The first-order valence-electron chi connectivity index (χ1n) is 4.37. The van der Waals surface area contributed by atoms with Crippen molar-refractivity contribution in [2.75, 3.05) is 7.05 Å². The second-order valence-corrected chi connectivity index (χ2v) is 3.21. The summed E-state index contributed by atoms with van der Waals surface area (Å²) >= 11 is 0.